The molecule has 1 unspecified atom stereocenters. The summed E-state index contributed by atoms with van der Waals surface area (Å²) in [5.41, 5.74) is -0.541. The molecule has 2 rings (SSSR count). The van der Waals surface area contributed by atoms with Gasteiger partial charge in [-0.25, -0.2) is 9.59 Å². The molecule has 0 N–H and O–H groups in total. The lowest BCUT2D eigenvalue weighted by molar-refractivity contribution is -0.384. The number of hydrogen-bond donors (Lipinski definition) is 0. The second-order valence-electron chi connectivity index (χ2n) is 4.75. The Labute approximate surface area is 126 Å². The Morgan fingerprint density at radius 3 is 2.55 bits per heavy atom. The van der Waals surface area contributed by atoms with E-state index in [0.717, 1.165) is 32.1 Å². The van der Waals surface area contributed by atoms with Crippen LogP contribution < -0.4 is 0 Å². The summed E-state index contributed by atoms with van der Waals surface area (Å²) in [5.74, 6) is -1.51. The van der Waals surface area contributed by atoms with Crippen molar-refractivity contribution in [1.82, 2.24) is 0 Å². The van der Waals surface area contributed by atoms with Crippen molar-refractivity contribution in [3.8, 4) is 0 Å². The van der Waals surface area contributed by atoms with Crippen molar-refractivity contribution < 1.29 is 28.7 Å². The monoisotopic (exact) mass is 309 g/mol. The summed E-state index contributed by atoms with van der Waals surface area (Å²) in [6.07, 6.45) is 1.56. The van der Waals surface area contributed by atoms with Gasteiger partial charge >= 0.3 is 11.9 Å². The highest BCUT2D eigenvalue weighted by Crippen LogP contribution is 2.19. The minimum Gasteiger partial charge on any atom is -0.465 e. The van der Waals surface area contributed by atoms with Crippen LogP contribution in [-0.4, -0.2) is 43.3 Å². The second-order valence-corrected chi connectivity index (χ2v) is 4.75. The Kier molecular flexibility index (Phi) is 5.05. The normalized spacial score (nSPS) is 17.0. The van der Waals surface area contributed by atoms with Crippen LogP contribution in [0, 0.1) is 10.1 Å². The van der Waals surface area contributed by atoms with E-state index in [9.17, 15) is 19.7 Å². The number of esters is 2. The van der Waals surface area contributed by atoms with Crippen LogP contribution in [0.3, 0.4) is 0 Å². The number of carbonyl (C=O) groups excluding carboxylic acids is 2. The zero-order valence-electron chi connectivity index (χ0n) is 11.9. The highest BCUT2D eigenvalue weighted by Gasteiger charge is 2.21. The molecule has 1 aliphatic heterocycles. The van der Waals surface area contributed by atoms with E-state index >= 15 is 0 Å². The van der Waals surface area contributed by atoms with Gasteiger partial charge in [0.25, 0.3) is 5.69 Å². The fraction of sp³-hybridized carbons (Fsp3) is 0.429. The first-order valence-corrected chi connectivity index (χ1v) is 6.68. The molecule has 1 aromatic rings. The van der Waals surface area contributed by atoms with Crippen LogP contribution in [0.4, 0.5) is 5.69 Å². The fourth-order valence-electron chi connectivity index (χ4n) is 2.10. The summed E-state index contributed by atoms with van der Waals surface area (Å²) in [6.45, 7) is 0.709. The third kappa shape index (κ3) is 3.79. The minimum atomic E-state index is -0.767. The van der Waals surface area contributed by atoms with Crippen molar-refractivity contribution in [3.63, 3.8) is 0 Å². The molecule has 8 nitrogen and oxygen atoms in total. The number of benzene rings is 1. The summed E-state index contributed by atoms with van der Waals surface area (Å²) in [5, 5.41) is 10.9. The van der Waals surface area contributed by atoms with Gasteiger partial charge in [0.2, 0.25) is 0 Å². The Bertz CT molecular complexity index is 593. The van der Waals surface area contributed by atoms with Gasteiger partial charge in [-0.1, -0.05) is 0 Å². The number of rotatable bonds is 5. The molecule has 1 heterocycles. The van der Waals surface area contributed by atoms with Crippen molar-refractivity contribution in [2.24, 2.45) is 0 Å². The molecular formula is C14H15NO7. The van der Waals surface area contributed by atoms with Crippen molar-refractivity contribution >= 4 is 17.6 Å². The van der Waals surface area contributed by atoms with Crippen molar-refractivity contribution in [2.75, 3.05) is 20.3 Å². The Morgan fingerprint density at radius 2 is 2.00 bits per heavy atom. The summed E-state index contributed by atoms with van der Waals surface area (Å²) in [7, 11) is 1.15. The third-order valence-corrected chi connectivity index (χ3v) is 3.21. The number of nitro groups is 1. The molecule has 8 heteroatoms. The highest BCUT2D eigenvalue weighted by atomic mass is 16.6. The average Bonchev–Trinajstić information content (AvgIpc) is 3.04. The number of non-ortho nitro benzene ring substituents is 1. The van der Waals surface area contributed by atoms with E-state index in [2.05, 4.69) is 4.74 Å². The van der Waals surface area contributed by atoms with E-state index in [1.807, 2.05) is 0 Å². The summed E-state index contributed by atoms with van der Waals surface area (Å²) >= 11 is 0. The molecule has 1 aliphatic rings. The lowest BCUT2D eigenvalue weighted by atomic mass is 10.1. The SMILES string of the molecule is COC(=O)c1cc(C(=O)OCC2CCCO2)cc([N+](=O)[O-])c1. The van der Waals surface area contributed by atoms with Gasteiger partial charge in [-0.15, -0.1) is 0 Å². The van der Waals surface area contributed by atoms with Crippen molar-refractivity contribution in [3.05, 3.63) is 39.4 Å². The van der Waals surface area contributed by atoms with E-state index in [1.54, 1.807) is 0 Å². The number of methoxy groups -OCH3 is 1. The van der Waals surface area contributed by atoms with Crippen LogP contribution in [0.1, 0.15) is 33.6 Å². The standard InChI is InChI=1S/C14H15NO7/c1-20-13(16)9-5-10(7-11(6-9)15(18)19)14(17)22-8-12-3-2-4-21-12/h5-7,12H,2-4,8H2,1H3. The Balaban J connectivity index is 2.16. The van der Waals surface area contributed by atoms with Gasteiger partial charge < -0.3 is 14.2 Å². The number of nitro benzene ring substituents is 1. The van der Waals surface area contributed by atoms with Gasteiger partial charge in [0, 0.05) is 18.7 Å². The van der Waals surface area contributed by atoms with Gasteiger partial charge in [0.15, 0.2) is 0 Å². The molecule has 1 saturated heterocycles. The predicted octanol–water partition coefficient (Wildman–Crippen LogP) is 1.72. The largest absolute Gasteiger partial charge is 0.465 e. The molecule has 0 saturated carbocycles. The molecule has 22 heavy (non-hydrogen) atoms. The molecule has 1 fully saturated rings. The first kappa shape index (κ1) is 15.9. The van der Waals surface area contributed by atoms with E-state index < -0.39 is 16.9 Å². The second kappa shape index (κ2) is 6.99. The third-order valence-electron chi connectivity index (χ3n) is 3.21. The van der Waals surface area contributed by atoms with E-state index in [4.69, 9.17) is 9.47 Å². The summed E-state index contributed by atoms with van der Waals surface area (Å²) in [6, 6.07) is 3.31. The van der Waals surface area contributed by atoms with E-state index in [1.165, 1.54) is 6.07 Å². The maximum absolute atomic E-state index is 12.0. The molecule has 1 atom stereocenters. The molecule has 0 radical (unpaired) electrons. The van der Waals surface area contributed by atoms with Crippen LogP contribution in [0.15, 0.2) is 18.2 Å². The topological polar surface area (TPSA) is 105 Å². The van der Waals surface area contributed by atoms with Crippen LogP contribution in [0.5, 0.6) is 0 Å². The highest BCUT2D eigenvalue weighted by molar-refractivity contribution is 5.96. The number of ether oxygens (including phenoxy) is 3. The van der Waals surface area contributed by atoms with Crippen LogP contribution in [0.2, 0.25) is 0 Å². The lowest BCUT2D eigenvalue weighted by Gasteiger charge is -2.10. The zero-order chi connectivity index (χ0) is 16.1. The molecule has 0 aromatic heterocycles. The maximum atomic E-state index is 12.0. The molecule has 118 valence electrons. The molecule has 0 aliphatic carbocycles. The van der Waals surface area contributed by atoms with Gasteiger partial charge in [0.05, 0.1) is 29.3 Å². The Morgan fingerprint density at radius 1 is 1.32 bits per heavy atom. The van der Waals surface area contributed by atoms with E-state index in [0.29, 0.717) is 6.61 Å². The average molecular weight is 309 g/mol. The fourth-order valence-corrected chi connectivity index (χ4v) is 2.10. The van der Waals surface area contributed by atoms with Gasteiger partial charge in [-0.2, -0.15) is 0 Å². The van der Waals surface area contributed by atoms with Crippen LogP contribution in [0.25, 0.3) is 0 Å². The van der Waals surface area contributed by atoms with Crippen LogP contribution >= 0.6 is 0 Å². The van der Waals surface area contributed by atoms with Gasteiger partial charge in [-0.05, 0) is 18.9 Å². The summed E-state index contributed by atoms with van der Waals surface area (Å²) in [4.78, 5) is 33.7. The first-order chi connectivity index (χ1) is 10.5. The zero-order valence-corrected chi connectivity index (χ0v) is 11.9. The molecule has 0 spiro atoms. The summed E-state index contributed by atoms with van der Waals surface area (Å²) < 4.78 is 14.9. The van der Waals surface area contributed by atoms with Gasteiger partial charge in [0.1, 0.15) is 6.61 Å². The minimum absolute atomic E-state index is 0.0763. The molecule has 0 amide bonds. The van der Waals surface area contributed by atoms with Crippen molar-refractivity contribution in [1.29, 1.82) is 0 Å². The van der Waals surface area contributed by atoms with Crippen molar-refractivity contribution in [2.45, 2.75) is 18.9 Å². The predicted molar refractivity (Wildman–Crippen MR) is 73.7 cm³/mol. The van der Waals surface area contributed by atoms with Crippen LogP contribution in [-0.2, 0) is 14.2 Å². The number of hydrogen-bond acceptors (Lipinski definition) is 7. The molecule has 1 aromatic carbocycles. The lowest BCUT2D eigenvalue weighted by Crippen LogP contribution is -2.18. The smallest absolute Gasteiger partial charge is 0.338 e. The first-order valence-electron chi connectivity index (χ1n) is 6.68. The maximum Gasteiger partial charge on any atom is 0.338 e. The quantitative estimate of drug-likeness (QED) is 0.463. The number of carbonyl (C=O) groups is 2. The van der Waals surface area contributed by atoms with E-state index in [-0.39, 0.29) is 29.5 Å². The van der Waals surface area contributed by atoms with Gasteiger partial charge in [-0.3, -0.25) is 10.1 Å². The number of nitrogens with zero attached hydrogens (tertiary/aromatic N) is 1. The molecule has 0 bridgehead atoms. The Hall–Kier alpha value is -2.48. The molecular weight excluding hydrogens is 294 g/mol.